The Balaban J connectivity index is 2.05. The molecule has 3 unspecified atom stereocenters. The molecule has 1 saturated heterocycles. The van der Waals surface area contributed by atoms with Crippen LogP contribution >= 0.6 is 0 Å². The van der Waals surface area contributed by atoms with Crippen LogP contribution in [0.15, 0.2) is 0 Å². The van der Waals surface area contributed by atoms with Gasteiger partial charge >= 0.3 is 0 Å². The summed E-state index contributed by atoms with van der Waals surface area (Å²) in [6.07, 6.45) is 5.22. The highest BCUT2D eigenvalue weighted by Crippen LogP contribution is 2.38. The Morgan fingerprint density at radius 1 is 1.37 bits per heavy atom. The zero-order valence-corrected chi connectivity index (χ0v) is 13.2. The summed E-state index contributed by atoms with van der Waals surface area (Å²) >= 11 is 0. The van der Waals surface area contributed by atoms with Gasteiger partial charge < -0.3 is 10.1 Å². The minimum Gasteiger partial charge on any atom is -0.379 e. The van der Waals surface area contributed by atoms with Crippen molar-refractivity contribution in [3.63, 3.8) is 0 Å². The van der Waals surface area contributed by atoms with Crippen molar-refractivity contribution in [3.8, 4) is 0 Å². The van der Waals surface area contributed by atoms with E-state index in [0.717, 1.165) is 26.3 Å². The number of nitrogens with zero attached hydrogens (tertiary/aromatic N) is 1. The fourth-order valence-electron chi connectivity index (χ4n) is 3.70. The molecule has 1 aliphatic heterocycles. The molecule has 2 rings (SSSR count). The molecule has 2 aliphatic rings. The summed E-state index contributed by atoms with van der Waals surface area (Å²) in [5.41, 5.74) is 0.493. The molecule has 3 heteroatoms. The monoisotopic (exact) mass is 268 g/mol. The van der Waals surface area contributed by atoms with Crippen LogP contribution in [0.4, 0.5) is 0 Å². The molecular weight excluding hydrogens is 236 g/mol. The Morgan fingerprint density at radius 2 is 2.16 bits per heavy atom. The lowest BCUT2D eigenvalue weighted by molar-refractivity contribution is -0.0496. The van der Waals surface area contributed by atoms with Crippen molar-refractivity contribution in [1.29, 1.82) is 0 Å². The van der Waals surface area contributed by atoms with Crippen LogP contribution in [0.3, 0.4) is 0 Å². The molecule has 0 amide bonds. The normalized spacial score (nSPS) is 36.3. The van der Waals surface area contributed by atoms with Gasteiger partial charge in [-0.1, -0.05) is 20.8 Å². The van der Waals surface area contributed by atoms with Crippen LogP contribution < -0.4 is 5.32 Å². The van der Waals surface area contributed by atoms with Crippen LogP contribution in [-0.4, -0.2) is 49.3 Å². The van der Waals surface area contributed by atoms with Crippen LogP contribution in [0.2, 0.25) is 0 Å². The lowest BCUT2D eigenvalue weighted by Gasteiger charge is -2.49. The smallest absolute Gasteiger partial charge is 0.0619 e. The Labute approximate surface area is 119 Å². The van der Waals surface area contributed by atoms with Gasteiger partial charge in [-0.2, -0.15) is 0 Å². The second kappa shape index (κ2) is 6.55. The third-order valence-electron chi connectivity index (χ3n) is 4.86. The molecule has 3 nitrogen and oxygen atoms in total. The number of nitrogens with one attached hydrogen (secondary N) is 1. The molecule has 112 valence electrons. The minimum absolute atomic E-state index is 0.493. The van der Waals surface area contributed by atoms with Crippen molar-refractivity contribution in [2.75, 3.05) is 26.3 Å². The van der Waals surface area contributed by atoms with Crippen LogP contribution in [0.25, 0.3) is 0 Å². The molecule has 0 aromatic carbocycles. The van der Waals surface area contributed by atoms with Crippen molar-refractivity contribution in [2.45, 2.75) is 71.5 Å². The van der Waals surface area contributed by atoms with Gasteiger partial charge in [0.25, 0.3) is 0 Å². The first kappa shape index (κ1) is 15.3. The Bertz CT molecular complexity index is 280. The fraction of sp³-hybridized carbons (Fsp3) is 1.00. The molecule has 1 aliphatic carbocycles. The van der Waals surface area contributed by atoms with Gasteiger partial charge in [0.15, 0.2) is 0 Å². The van der Waals surface area contributed by atoms with Crippen molar-refractivity contribution >= 4 is 0 Å². The van der Waals surface area contributed by atoms with E-state index in [2.05, 4.69) is 37.9 Å². The van der Waals surface area contributed by atoms with Crippen LogP contribution in [-0.2, 0) is 4.74 Å². The SMILES string of the molecule is CCCNC1CCC(C)(C)CC1N1CCOCC1C. The van der Waals surface area contributed by atoms with E-state index in [9.17, 15) is 0 Å². The standard InChI is InChI=1S/C16H32N2O/c1-5-8-17-14-6-7-16(3,4)11-15(14)18-9-10-19-12-13(18)2/h13-15,17H,5-12H2,1-4H3. The number of rotatable bonds is 4. The van der Waals surface area contributed by atoms with E-state index in [-0.39, 0.29) is 0 Å². The Kier molecular flexibility index (Phi) is 5.27. The van der Waals surface area contributed by atoms with Crippen LogP contribution in [0, 0.1) is 5.41 Å². The van der Waals surface area contributed by atoms with E-state index < -0.39 is 0 Å². The average molecular weight is 268 g/mol. The van der Waals surface area contributed by atoms with Gasteiger partial charge in [0, 0.05) is 24.7 Å². The van der Waals surface area contributed by atoms with E-state index in [1.807, 2.05) is 0 Å². The second-order valence-corrected chi connectivity index (χ2v) is 7.20. The number of hydrogen-bond acceptors (Lipinski definition) is 3. The lowest BCUT2D eigenvalue weighted by Crippen LogP contribution is -2.59. The lowest BCUT2D eigenvalue weighted by atomic mass is 9.72. The fourth-order valence-corrected chi connectivity index (χ4v) is 3.70. The number of morpholine rings is 1. The zero-order valence-electron chi connectivity index (χ0n) is 13.2. The van der Waals surface area contributed by atoms with Gasteiger partial charge in [0.05, 0.1) is 13.2 Å². The van der Waals surface area contributed by atoms with Crippen LogP contribution in [0.5, 0.6) is 0 Å². The highest BCUT2D eigenvalue weighted by Gasteiger charge is 2.39. The Morgan fingerprint density at radius 3 is 2.84 bits per heavy atom. The first-order valence-electron chi connectivity index (χ1n) is 8.10. The van der Waals surface area contributed by atoms with Gasteiger partial charge in [-0.15, -0.1) is 0 Å². The minimum atomic E-state index is 0.493. The van der Waals surface area contributed by atoms with Gasteiger partial charge in [0.1, 0.15) is 0 Å². The molecule has 19 heavy (non-hydrogen) atoms. The molecule has 3 atom stereocenters. The maximum atomic E-state index is 5.61. The Hall–Kier alpha value is -0.120. The predicted molar refractivity (Wildman–Crippen MR) is 80.5 cm³/mol. The van der Waals surface area contributed by atoms with Gasteiger partial charge in [0.2, 0.25) is 0 Å². The molecule has 0 spiro atoms. The number of hydrogen-bond donors (Lipinski definition) is 1. The molecule has 1 heterocycles. The zero-order chi connectivity index (χ0) is 13.9. The molecule has 0 bridgehead atoms. The van der Waals surface area contributed by atoms with Gasteiger partial charge in [-0.3, -0.25) is 4.90 Å². The van der Waals surface area contributed by atoms with E-state index in [4.69, 9.17) is 4.74 Å². The summed E-state index contributed by atoms with van der Waals surface area (Å²) in [6, 6.07) is 1.93. The summed E-state index contributed by atoms with van der Waals surface area (Å²) in [5, 5.41) is 3.79. The molecule has 0 radical (unpaired) electrons. The summed E-state index contributed by atoms with van der Waals surface area (Å²) in [4.78, 5) is 2.71. The average Bonchev–Trinajstić information content (AvgIpc) is 2.37. The van der Waals surface area contributed by atoms with Crippen molar-refractivity contribution in [1.82, 2.24) is 10.2 Å². The number of ether oxygens (including phenoxy) is 1. The van der Waals surface area contributed by atoms with Crippen LogP contribution in [0.1, 0.15) is 53.4 Å². The maximum Gasteiger partial charge on any atom is 0.0619 e. The first-order valence-corrected chi connectivity index (χ1v) is 8.10. The summed E-state index contributed by atoms with van der Waals surface area (Å²) in [6.45, 7) is 13.5. The van der Waals surface area contributed by atoms with Crippen molar-refractivity contribution < 1.29 is 4.74 Å². The summed E-state index contributed by atoms with van der Waals surface area (Å²) in [5.74, 6) is 0. The third kappa shape index (κ3) is 3.93. The molecule has 1 saturated carbocycles. The molecular formula is C16H32N2O. The van der Waals surface area contributed by atoms with E-state index in [0.29, 0.717) is 23.5 Å². The van der Waals surface area contributed by atoms with Crippen molar-refractivity contribution in [3.05, 3.63) is 0 Å². The predicted octanol–water partition coefficient (Wildman–Crippen LogP) is 2.65. The van der Waals surface area contributed by atoms with Gasteiger partial charge in [-0.05, 0) is 44.6 Å². The van der Waals surface area contributed by atoms with Crippen molar-refractivity contribution in [2.24, 2.45) is 5.41 Å². The molecule has 0 aromatic rings. The summed E-state index contributed by atoms with van der Waals surface area (Å²) in [7, 11) is 0. The highest BCUT2D eigenvalue weighted by molar-refractivity contribution is 4.96. The highest BCUT2D eigenvalue weighted by atomic mass is 16.5. The van der Waals surface area contributed by atoms with E-state index in [1.165, 1.54) is 25.7 Å². The first-order chi connectivity index (χ1) is 9.03. The third-order valence-corrected chi connectivity index (χ3v) is 4.86. The molecule has 0 aromatic heterocycles. The largest absolute Gasteiger partial charge is 0.379 e. The quantitative estimate of drug-likeness (QED) is 0.848. The van der Waals surface area contributed by atoms with Gasteiger partial charge in [-0.25, -0.2) is 0 Å². The van der Waals surface area contributed by atoms with E-state index in [1.54, 1.807) is 0 Å². The maximum absolute atomic E-state index is 5.61. The second-order valence-electron chi connectivity index (χ2n) is 7.20. The van der Waals surface area contributed by atoms with E-state index >= 15 is 0 Å². The summed E-state index contributed by atoms with van der Waals surface area (Å²) < 4.78 is 5.61. The molecule has 2 fully saturated rings. The topological polar surface area (TPSA) is 24.5 Å². The molecule has 1 N–H and O–H groups in total.